The summed E-state index contributed by atoms with van der Waals surface area (Å²) < 4.78 is 15.9. The summed E-state index contributed by atoms with van der Waals surface area (Å²) in [6.45, 7) is 15.7. The number of carbonyl (C=O) groups is 3. The highest BCUT2D eigenvalue weighted by Gasteiger charge is 2.31. The van der Waals surface area contributed by atoms with Gasteiger partial charge in [-0.3, -0.25) is 10.1 Å². The van der Waals surface area contributed by atoms with Crippen LogP contribution in [0.3, 0.4) is 0 Å². The molecule has 0 spiro atoms. The molecule has 0 saturated heterocycles. The van der Waals surface area contributed by atoms with Gasteiger partial charge in [-0.15, -0.1) is 4.99 Å². The van der Waals surface area contributed by atoms with Crippen LogP contribution in [0.5, 0.6) is 0 Å². The molecule has 13 heteroatoms. The van der Waals surface area contributed by atoms with Crippen LogP contribution < -0.4 is 5.73 Å². The summed E-state index contributed by atoms with van der Waals surface area (Å²) in [5.74, 6) is -1.49. The summed E-state index contributed by atoms with van der Waals surface area (Å²) in [6.07, 6.45) is -2.04. The standard InChI is InChI=1S/C24H38N4O8Si/c1-23(2,3)35-21(30)26-20(25)27(22(31)36-24(4,5)6)15-16-11-10-12-17(28(32)33)18(16)19(29)34-13-14-37(7,8)9/h10-12H,13-15H2,1-9H3,(H2,25,26,30). The molecule has 0 unspecified atom stereocenters. The van der Waals surface area contributed by atoms with Crippen molar-refractivity contribution >= 4 is 37.9 Å². The summed E-state index contributed by atoms with van der Waals surface area (Å²) >= 11 is 0. The van der Waals surface area contributed by atoms with Crippen LogP contribution in [0.2, 0.25) is 25.7 Å². The van der Waals surface area contributed by atoms with Crippen molar-refractivity contribution in [3.05, 3.63) is 39.4 Å². The molecule has 1 aromatic carbocycles. The van der Waals surface area contributed by atoms with E-state index in [1.807, 2.05) is 0 Å². The van der Waals surface area contributed by atoms with Gasteiger partial charge in [0.05, 0.1) is 18.1 Å². The maximum Gasteiger partial charge on any atom is 0.437 e. The molecule has 0 saturated carbocycles. The molecule has 0 aliphatic carbocycles. The molecule has 206 valence electrons. The van der Waals surface area contributed by atoms with Gasteiger partial charge >= 0.3 is 18.2 Å². The second-order valence-corrected chi connectivity index (χ2v) is 17.2. The number of esters is 1. The van der Waals surface area contributed by atoms with Gasteiger partial charge in [0.1, 0.15) is 16.8 Å². The minimum atomic E-state index is -1.54. The highest BCUT2D eigenvalue weighted by atomic mass is 28.3. The highest BCUT2D eigenvalue weighted by molar-refractivity contribution is 6.76. The van der Waals surface area contributed by atoms with Crippen LogP contribution in [-0.4, -0.2) is 59.8 Å². The number of nitrogens with two attached hydrogens (primary N) is 1. The molecule has 2 amide bonds. The Kier molecular flexibility index (Phi) is 10.4. The Labute approximate surface area is 218 Å². The molecule has 2 N–H and O–H groups in total. The zero-order chi connectivity index (χ0) is 28.8. The molecule has 0 aromatic heterocycles. The monoisotopic (exact) mass is 538 g/mol. The number of nitro groups is 1. The van der Waals surface area contributed by atoms with Gasteiger partial charge in [-0.25, -0.2) is 19.3 Å². The Bertz CT molecular complexity index is 1050. The number of amides is 2. The first kappa shape index (κ1) is 31.5. The number of rotatable bonds is 7. The Morgan fingerprint density at radius 1 is 1.05 bits per heavy atom. The van der Waals surface area contributed by atoms with E-state index in [1.165, 1.54) is 12.1 Å². The predicted molar refractivity (Wildman–Crippen MR) is 141 cm³/mol. The molecule has 0 fully saturated rings. The molecule has 12 nitrogen and oxygen atoms in total. The summed E-state index contributed by atoms with van der Waals surface area (Å²) in [4.78, 5) is 53.6. The van der Waals surface area contributed by atoms with Crippen molar-refractivity contribution in [2.45, 2.75) is 85.0 Å². The number of hydrogen-bond donors (Lipinski definition) is 1. The van der Waals surface area contributed by atoms with Gasteiger partial charge in [-0.1, -0.05) is 31.8 Å². The molecular weight excluding hydrogens is 500 g/mol. The molecule has 37 heavy (non-hydrogen) atoms. The van der Waals surface area contributed by atoms with Gasteiger partial charge in [-0.05, 0) is 53.1 Å². The first-order valence-corrected chi connectivity index (χ1v) is 15.4. The average Bonchev–Trinajstić information content (AvgIpc) is 2.67. The number of ether oxygens (including phenoxy) is 3. The number of nitro benzene ring substituents is 1. The average molecular weight is 539 g/mol. The van der Waals surface area contributed by atoms with Crippen LogP contribution in [0, 0.1) is 10.1 Å². The van der Waals surface area contributed by atoms with Crippen molar-refractivity contribution in [1.82, 2.24) is 4.90 Å². The molecule has 1 rings (SSSR count). The topological polar surface area (TPSA) is 164 Å². The van der Waals surface area contributed by atoms with Gasteiger partial charge < -0.3 is 19.9 Å². The van der Waals surface area contributed by atoms with Gasteiger partial charge in [0, 0.05) is 14.1 Å². The smallest absolute Gasteiger partial charge is 0.437 e. The lowest BCUT2D eigenvalue weighted by Crippen LogP contribution is -2.45. The molecular formula is C24H38N4O8Si. The molecule has 0 aliphatic heterocycles. The predicted octanol–water partition coefficient (Wildman–Crippen LogP) is 5.08. The zero-order valence-corrected chi connectivity index (χ0v) is 24.0. The minimum Gasteiger partial charge on any atom is -0.462 e. The third-order valence-electron chi connectivity index (χ3n) is 4.43. The van der Waals surface area contributed by atoms with Gasteiger partial charge in [-0.2, -0.15) is 0 Å². The molecule has 1 aromatic rings. The Morgan fingerprint density at radius 3 is 2.11 bits per heavy atom. The summed E-state index contributed by atoms with van der Waals surface area (Å²) in [5.41, 5.74) is 3.40. The molecule has 0 radical (unpaired) electrons. The molecule has 0 bridgehead atoms. The van der Waals surface area contributed by atoms with Crippen LogP contribution in [-0.2, 0) is 20.8 Å². The third-order valence-corrected chi connectivity index (χ3v) is 6.14. The van der Waals surface area contributed by atoms with E-state index in [1.54, 1.807) is 41.5 Å². The van der Waals surface area contributed by atoms with E-state index in [2.05, 4.69) is 24.6 Å². The van der Waals surface area contributed by atoms with E-state index in [4.69, 9.17) is 19.9 Å². The Morgan fingerprint density at radius 2 is 1.62 bits per heavy atom. The maximum absolute atomic E-state index is 13.0. The van der Waals surface area contributed by atoms with E-state index in [-0.39, 0.29) is 17.7 Å². The van der Waals surface area contributed by atoms with Crippen molar-refractivity contribution in [3.63, 3.8) is 0 Å². The third kappa shape index (κ3) is 11.4. The lowest BCUT2D eigenvalue weighted by Gasteiger charge is -2.27. The molecule has 0 heterocycles. The first-order chi connectivity index (χ1) is 16.7. The maximum atomic E-state index is 13.0. The number of benzene rings is 1. The van der Waals surface area contributed by atoms with Crippen molar-refractivity contribution in [3.8, 4) is 0 Å². The quantitative estimate of drug-likeness (QED) is 0.0948. The van der Waals surface area contributed by atoms with Gasteiger partial charge in [0.25, 0.3) is 5.69 Å². The summed E-state index contributed by atoms with van der Waals surface area (Å²) in [6, 6.07) is 4.60. The van der Waals surface area contributed by atoms with E-state index in [0.29, 0.717) is 6.04 Å². The second kappa shape index (κ2) is 12.2. The van der Waals surface area contributed by atoms with Crippen molar-refractivity contribution < 1.29 is 33.5 Å². The fourth-order valence-corrected chi connectivity index (χ4v) is 3.51. The van der Waals surface area contributed by atoms with Crippen molar-refractivity contribution in [1.29, 1.82) is 0 Å². The van der Waals surface area contributed by atoms with E-state index in [0.717, 1.165) is 11.0 Å². The van der Waals surface area contributed by atoms with E-state index >= 15 is 0 Å². The van der Waals surface area contributed by atoms with Crippen molar-refractivity contribution in [2.75, 3.05) is 6.61 Å². The first-order valence-electron chi connectivity index (χ1n) is 11.7. The summed E-state index contributed by atoms with van der Waals surface area (Å²) in [5, 5.41) is 11.7. The number of guanidine groups is 1. The summed E-state index contributed by atoms with van der Waals surface area (Å²) in [7, 11) is -1.54. The fourth-order valence-electron chi connectivity index (χ4n) is 2.79. The largest absolute Gasteiger partial charge is 0.462 e. The van der Waals surface area contributed by atoms with E-state index in [9.17, 15) is 24.5 Å². The highest BCUT2D eigenvalue weighted by Crippen LogP contribution is 2.26. The zero-order valence-electron chi connectivity index (χ0n) is 23.0. The number of aliphatic imine (C=N–C) groups is 1. The van der Waals surface area contributed by atoms with Crippen LogP contribution in [0.1, 0.15) is 57.5 Å². The molecule has 0 aliphatic rings. The van der Waals surface area contributed by atoms with Crippen molar-refractivity contribution in [2.24, 2.45) is 10.7 Å². The Hall–Kier alpha value is -3.48. The van der Waals surface area contributed by atoms with E-state index < -0.39 is 60.5 Å². The lowest BCUT2D eigenvalue weighted by atomic mass is 10.0. The van der Waals surface area contributed by atoms with Crippen LogP contribution in [0.4, 0.5) is 15.3 Å². The molecule has 0 atom stereocenters. The fraction of sp³-hybridized carbons (Fsp3) is 0.583. The van der Waals surface area contributed by atoms with Crippen LogP contribution in [0.15, 0.2) is 23.2 Å². The van der Waals surface area contributed by atoms with Gasteiger partial charge in [0.15, 0.2) is 0 Å². The van der Waals surface area contributed by atoms with Crippen LogP contribution >= 0.6 is 0 Å². The van der Waals surface area contributed by atoms with Gasteiger partial charge in [0.2, 0.25) is 5.96 Å². The minimum absolute atomic E-state index is 0.0559. The number of hydrogen-bond acceptors (Lipinski definition) is 8. The second-order valence-electron chi connectivity index (χ2n) is 11.5. The lowest BCUT2D eigenvalue weighted by molar-refractivity contribution is -0.385. The Balaban J connectivity index is 3.49. The van der Waals surface area contributed by atoms with Crippen LogP contribution in [0.25, 0.3) is 0 Å². The number of carbonyl (C=O) groups excluding carboxylic acids is 3. The normalized spacial score (nSPS) is 12.5. The number of nitrogens with zero attached hydrogens (tertiary/aromatic N) is 3. The SMILES string of the molecule is CC(C)(C)OC(=O)/N=C(\N)N(Cc1cccc([N+](=O)[O-])c1C(=O)OCC[Si](C)(C)C)C(=O)OC(C)(C)C.